The second-order valence-electron chi connectivity index (χ2n) is 5.29. The number of halogens is 1. The van der Waals surface area contributed by atoms with Crippen molar-refractivity contribution >= 4 is 34.0 Å². The van der Waals surface area contributed by atoms with E-state index in [2.05, 4.69) is 12.1 Å². The third-order valence-corrected chi connectivity index (χ3v) is 4.02. The summed E-state index contributed by atoms with van der Waals surface area (Å²) >= 11 is 5.87. The van der Waals surface area contributed by atoms with E-state index < -0.39 is 0 Å². The van der Waals surface area contributed by atoms with Gasteiger partial charge in [-0.15, -0.1) is 0 Å². The van der Waals surface area contributed by atoms with E-state index in [1.165, 1.54) is 5.39 Å². The van der Waals surface area contributed by atoms with Gasteiger partial charge in [0.25, 0.3) is 0 Å². The van der Waals surface area contributed by atoms with Gasteiger partial charge >= 0.3 is 0 Å². The molecule has 0 aliphatic heterocycles. The van der Waals surface area contributed by atoms with Crippen LogP contribution in [0.4, 0.5) is 5.69 Å². The highest BCUT2D eigenvalue weighted by atomic mass is 35.5. The lowest BCUT2D eigenvalue weighted by Crippen LogP contribution is -2.27. The van der Waals surface area contributed by atoms with Crippen molar-refractivity contribution in [2.45, 2.75) is 6.42 Å². The zero-order valence-corrected chi connectivity index (χ0v) is 13.0. The Bertz CT molecular complexity index is 811. The van der Waals surface area contributed by atoms with Crippen LogP contribution in [0.15, 0.2) is 66.7 Å². The number of benzene rings is 3. The third kappa shape index (κ3) is 3.12. The summed E-state index contributed by atoms with van der Waals surface area (Å²) in [6.07, 6.45) is 0.362. The van der Waals surface area contributed by atoms with E-state index in [1.807, 2.05) is 49.5 Å². The largest absolute Gasteiger partial charge is 0.315 e. The van der Waals surface area contributed by atoms with Gasteiger partial charge in [0.1, 0.15) is 0 Å². The lowest BCUT2D eigenvalue weighted by molar-refractivity contribution is -0.117. The van der Waals surface area contributed by atoms with Crippen LogP contribution < -0.4 is 4.90 Å². The molecule has 0 aliphatic carbocycles. The van der Waals surface area contributed by atoms with Crippen LogP contribution in [0.3, 0.4) is 0 Å². The molecule has 110 valence electrons. The van der Waals surface area contributed by atoms with E-state index in [9.17, 15) is 4.79 Å². The molecule has 22 heavy (non-hydrogen) atoms. The topological polar surface area (TPSA) is 20.3 Å². The Morgan fingerprint density at radius 1 is 0.955 bits per heavy atom. The van der Waals surface area contributed by atoms with Crippen LogP contribution in [0.5, 0.6) is 0 Å². The number of carbonyl (C=O) groups excluding carboxylic acids is 1. The number of nitrogens with zero attached hydrogens (tertiary/aromatic N) is 1. The van der Waals surface area contributed by atoms with Gasteiger partial charge in [0.15, 0.2) is 0 Å². The predicted molar refractivity (Wildman–Crippen MR) is 92.5 cm³/mol. The molecular formula is C19H16ClNO. The first kappa shape index (κ1) is 14.6. The maximum Gasteiger partial charge on any atom is 0.231 e. The lowest BCUT2D eigenvalue weighted by Gasteiger charge is -2.18. The van der Waals surface area contributed by atoms with Crippen molar-refractivity contribution < 1.29 is 4.79 Å². The fraction of sp³-hybridized carbons (Fsp3) is 0.105. The maximum absolute atomic E-state index is 12.4. The first-order chi connectivity index (χ1) is 10.6. The van der Waals surface area contributed by atoms with Crippen molar-refractivity contribution in [2.75, 3.05) is 11.9 Å². The molecule has 0 atom stereocenters. The Kier molecular flexibility index (Phi) is 4.12. The number of carbonyl (C=O) groups is 1. The molecule has 0 N–H and O–H groups in total. The molecule has 0 bridgehead atoms. The Balaban J connectivity index is 1.80. The van der Waals surface area contributed by atoms with Crippen molar-refractivity contribution in [2.24, 2.45) is 0 Å². The Morgan fingerprint density at radius 2 is 1.64 bits per heavy atom. The first-order valence-electron chi connectivity index (χ1n) is 7.13. The van der Waals surface area contributed by atoms with Crippen molar-refractivity contribution in [3.8, 4) is 0 Å². The number of likely N-dealkylation sites (N-methyl/N-ethyl adjacent to an activating group) is 1. The number of anilines is 1. The Labute approximate surface area is 134 Å². The molecule has 0 unspecified atom stereocenters. The molecule has 0 aromatic heterocycles. The molecule has 0 aliphatic rings. The van der Waals surface area contributed by atoms with Gasteiger partial charge in [-0.05, 0) is 40.6 Å². The summed E-state index contributed by atoms with van der Waals surface area (Å²) in [6.45, 7) is 0. The van der Waals surface area contributed by atoms with E-state index in [0.717, 1.165) is 16.6 Å². The fourth-order valence-corrected chi connectivity index (χ4v) is 2.55. The maximum atomic E-state index is 12.4. The van der Waals surface area contributed by atoms with E-state index in [1.54, 1.807) is 17.0 Å². The fourth-order valence-electron chi connectivity index (χ4n) is 2.42. The first-order valence-corrected chi connectivity index (χ1v) is 7.51. The van der Waals surface area contributed by atoms with Crippen molar-refractivity contribution in [3.05, 3.63) is 77.3 Å². The standard InChI is InChI=1S/C19H16ClNO/c1-21(19(22)12-14-6-9-17(20)10-7-14)18-11-8-15-4-2-3-5-16(15)13-18/h2-11,13H,12H2,1H3. The second-order valence-corrected chi connectivity index (χ2v) is 5.72. The molecule has 2 nitrogen and oxygen atoms in total. The van der Waals surface area contributed by atoms with Gasteiger partial charge in [0.05, 0.1) is 6.42 Å². The third-order valence-electron chi connectivity index (χ3n) is 3.76. The zero-order chi connectivity index (χ0) is 15.5. The number of rotatable bonds is 3. The van der Waals surface area contributed by atoms with Crippen molar-refractivity contribution in [1.29, 1.82) is 0 Å². The SMILES string of the molecule is CN(C(=O)Cc1ccc(Cl)cc1)c1ccc2ccccc2c1. The normalized spacial score (nSPS) is 10.6. The average molecular weight is 310 g/mol. The molecule has 1 amide bonds. The summed E-state index contributed by atoms with van der Waals surface area (Å²) in [5, 5.41) is 2.98. The van der Waals surface area contributed by atoms with Gasteiger partial charge in [0, 0.05) is 17.8 Å². The smallest absolute Gasteiger partial charge is 0.231 e. The monoisotopic (exact) mass is 309 g/mol. The zero-order valence-electron chi connectivity index (χ0n) is 12.3. The van der Waals surface area contributed by atoms with Crippen LogP contribution in [0.25, 0.3) is 10.8 Å². The molecule has 0 saturated carbocycles. The molecule has 3 heteroatoms. The van der Waals surface area contributed by atoms with Crippen LogP contribution in [0.2, 0.25) is 5.02 Å². The molecule has 0 saturated heterocycles. The van der Waals surface area contributed by atoms with Gasteiger partial charge < -0.3 is 4.90 Å². The summed E-state index contributed by atoms with van der Waals surface area (Å²) in [4.78, 5) is 14.1. The molecule has 0 radical (unpaired) electrons. The second kappa shape index (κ2) is 6.20. The minimum atomic E-state index is 0.0533. The van der Waals surface area contributed by atoms with Gasteiger partial charge in [-0.1, -0.05) is 54.1 Å². The van der Waals surface area contributed by atoms with E-state index in [-0.39, 0.29) is 5.91 Å². The van der Waals surface area contributed by atoms with Gasteiger partial charge in [-0.3, -0.25) is 4.79 Å². The summed E-state index contributed by atoms with van der Waals surface area (Å²) in [5.41, 5.74) is 1.86. The molecular weight excluding hydrogens is 294 g/mol. The molecule has 0 spiro atoms. The van der Waals surface area contributed by atoms with Crippen LogP contribution in [-0.2, 0) is 11.2 Å². The minimum absolute atomic E-state index is 0.0533. The summed E-state index contributed by atoms with van der Waals surface area (Å²) in [6, 6.07) is 21.6. The number of hydrogen-bond acceptors (Lipinski definition) is 1. The van der Waals surface area contributed by atoms with E-state index in [0.29, 0.717) is 11.4 Å². The highest BCUT2D eigenvalue weighted by Crippen LogP contribution is 2.22. The summed E-state index contributed by atoms with van der Waals surface area (Å²) < 4.78 is 0. The number of amides is 1. The minimum Gasteiger partial charge on any atom is -0.315 e. The van der Waals surface area contributed by atoms with Gasteiger partial charge in [0.2, 0.25) is 5.91 Å². The van der Waals surface area contributed by atoms with Crippen LogP contribution in [-0.4, -0.2) is 13.0 Å². The number of hydrogen-bond donors (Lipinski definition) is 0. The van der Waals surface area contributed by atoms with E-state index >= 15 is 0 Å². The molecule has 3 rings (SSSR count). The van der Waals surface area contributed by atoms with Crippen molar-refractivity contribution in [3.63, 3.8) is 0 Å². The molecule has 0 heterocycles. The highest BCUT2D eigenvalue weighted by Gasteiger charge is 2.12. The molecule has 3 aromatic carbocycles. The Hall–Kier alpha value is -2.32. The summed E-state index contributed by atoms with van der Waals surface area (Å²) in [5.74, 6) is 0.0533. The van der Waals surface area contributed by atoms with Crippen molar-refractivity contribution in [1.82, 2.24) is 0 Å². The lowest BCUT2D eigenvalue weighted by atomic mass is 10.1. The van der Waals surface area contributed by atoms with Crippen LogP contribution in [0, 0.1) is 0 Å². The Morgan fingerprint density at radius 3 is 2.36 bits per heavy atom. The molecule has 3 aromatic rings. The molecule has 0 fully saturated rings. The average Bonchev–Trinajstić information content (AvgIpc) is 2.55. The van der Waals surface area contributed by atoms with Crippen LogP contribution in [0.1, 0.15) is 5.56 Å². The number of fused-ring (bicyclic) bond motifs is 1. The highest BCUT2D eigenvalue weighted by molar-refractivity contribution is 6.30. The van der Waals surface area contributed by atoms with Crippen LogP contribution >= 0.6 is 11.6 Å². The predicted octanol–water partition coefficient (Wildman–Crippen LogP) is 4.70. The summed E-state index contributed by atoms with van der Waals surface area (Å²) in [7, 11) is 1.81. The quantitative estimate of drug-likeness (QED) is 0.687. The van der Waals surface area contributed by atoms with Gasteiger partial charge in [-0.2, -0.15) is 0 Å². The van der Waals surface area contributed by atoms with Gasteiger partial charge in [-0.25, -0.2) is 0 Å². The van der Waals surface area contributed by atoms with E-state index in [4.69, 9.17) is 11.6 Å².